The molecule has 0 radical (unpaired) electrons. The van der Waals surface area contributed by atoms with E-state index in [2.05, 4.69) is 0 Å². The molecule has 2 bridgehead atoms. The van der Waals surface area contributed by atoms with E-state index in [4.69, 9.17) is 4.74 Å². The second kappa shape index (κ2) is 4.39. The standard InChI is InChI=1S/C13H17NO4/c15-12(14-6-2-1-3-7-14)10-8-4-5-9(18-8)11(10)13(16)17/h4-5,8-11H,1-3,6-7H2,(H,16,17)/t8-,9-,10+,11-/m1/s1. The first-order chi connectivity index (χ1) is 8.68. The summed E-state index contributed by atoms with van der Waals surface area (Å²) in [5.74, 6) is -2.22. The number of amides is 1. The van der Waals surface area contributed by atoms with E-state index in [9.17, 15) is 14.7 Å². The number of hydrogen-bond acceptors (Lipinski definition) is 3. The molecule has 2 fully saturated rings. The third-order valence-electron chi connectivity index (χ3n) is 4.14. The van der Waals surface area contributed by atoms with Crippen LogP contribution in [0.4, 0.5) is 0 Å². The van der Waals surface area contributed by atoms with Gasteiger partial charge in [-0.05, 0) is 19.3 Å². The highest BCUT2D eigenvalue weighted by atomic mass is 16.5. The van der Waals surface area contributed by atoms with Crippen molar-refractivity contribution in [2.24, 2.45) is 11.8 Å². The van der Waals surface area contributed by atoms with E-state index in [-0.39, 0.29) is 12.0 Å². The van der Waals surface area contributed by atoms with E-state index in [1.807, 2.05) is 11.0 Å². The fourth-order valence-electron chi connectivity index (χ4n) is 3.22. The Morgan fingerprint density at radius 1 is 1.06 bits per heavy atom. The van der Waals surface area contributed by atoms with Gasteiger partial charge in [-0.1, -0.05) is 12.2 Å². The van der Waals surface area contributed by atoms with E-state index in [0.29, 0.717) is 0 Å². The van der Waals surface area contributed by atoms with Gasteiger partial charge in [-0.3, -0.25) is 9.59 Å². The number of nitrogens with zero attached hydrogens (tertiary/aromatic N) is 1. The summed E-state index contributed by atoms with van der Waals surface area (Å²) in [6.07, 6.45) is 6.01. The third kappa shape index (κ3) is 1.73. The van der Waals surface area contributed by atoms with E-state index in [1.165, 1.54) is 0 Å². The maximum absolute atomic E-state index is 12.5. The Hall–Kier alpha value is -1.36. The Morgan fingerprint density at radius 3 is 2.28 bits per heavy atom. The molecule has 3 heterocycles. The lowest BCUT2D eigenvalue weighted by Gasteiger charge is -2.31. The van der Waals surface area contributed by atoms with Crippen LogP contribution in [0.3, 0.4) is 0 Å². The molecule has 0 aromatic carbocycles. The Balaban J connectivity index is 1.79. The Morgan fingerprint density at radius 2 is 1.67 bits per heavy atom. The summed E-state index contributed by atoms with van der Waals surface area (Å²) in [4.78, 5) is 25.6. The number of piperidine rings is 1. The number of carbonyl (C=O) groups excluding carboxylic acids is 1. The van der Waals surface area contributed by atoms with Gasteiger partial charge in [0.1, 0.15) is 5.92 Å². The first kappa shape index (κ1) is 11.7. The van der Waals surface area contributed by atoms with Crippen LogP contribution < -0.4 is 0 Å². The van der Waals surface area contributed by atoms with Crippen molar-refractivity contribution in [2.45, 2.75) is 31.5 Å². The SMILES string of the molecule is O=C(O)[C@H]1[C@@H](C(=O)N2CCCCC2)[C@H]2C=C[C@H]1O2. The molecule has 18 heavy (non-hydrogen) atoms. The summed E-state index contributed by atoms with van der Waals surface area (Å²) in [5.41, 5.74) is 0. The molecule has 3 aliphatic rings. The lowest BCUT2D eigenvalue weighted by molar-refractivity contribution is -0.149. The van der Waals surface area contributed by atoms with Gasteiger partial charge in [-0.15, -0.1) is 0 Å². The predicted molar refractivity (Wildman–Crippen MR) is 62.8 cm³/mol. The van der Waals surface area contributed by atoms with Crippen molar-refractivity contribution in [3.05, 3.63) is 12.2 Å². The number of rotatable bonds is 2. The molecule has 0 aromatic rings. The molecule has 0 unspecified atom stereocenters. The lowest BCUT2D eigenvalue weighted by Crippen LogP contribution is -2.46. The van der Waals surface area contributed by atoms with Gasteiger partial charge in [0.05, 0.1) is 18.1 Å². The molecule has 3 rings (SSSR count). The molecule has 1 N–H and O–H groups in total. The summed E-state index contributed by atoms with van der Waals surface area (Å²) in [5, 5.41) is 9.27. The normalized spacial score (nSPS) is 38.1. The molecule has 3 aliphatic heterocycles. The van der Waals surface area contributed by atoms with Gasteiger partial charge in [-0.2, -0.15) is 0 Å². The van der Waals surface area contributed by atoms with Crippen LogP contribution in [0.15, 0.2) is 12.2 Å². The van der Waals surface area contributed by atoms with Crippen molar-refractivity contribution in [3.8, 4) is 0 Å². The monoisotopic (exact) mass is 251 g/mol. The predicted octanol–water partition coefficient (Wildman–Crippen LogP) is 0.653. The molecular weight excluding hydrogens is 234 g/mol. The van der Waals surface area contributed by atoms with Gasteiger partial charge in [0.15, 0.2) is 0 Å². The summed E-state index contributed by atoms with van der Waals surface area (Å²) in [6.45, 7) is 1.51. The summed E-state index contributed by atoms with van der Waals surface area (Å²) in [6, 6.07) is 0. The lowest BCUT2D eigenvalue weighted by atomic mass is 9.82. The number of ether oxygens (including phenoxy) is 1. The van der Waals surface area contributed by atoms with Crippen LogP contribution in [0.2, 0.25) is 0 Å². The quantitative estimate of drug-likeness (QED) is 0.732. The minimum Gasteiger partial charge on any atom is -0.481 e. The van der Waals surface area contributed by atoms with Crippen molar-refractivity contribution < 1.29 is 19.4 Å². The third-order valence-corrected chi connectivity index (χ3v) is 4.14. The topological polar surface area (TPSA) is 66.8 Å². The highest BCUT2D eigenvalue weighted by Crippen LogP contribution is 2.40. The molecular formula is C13H17NO4. The maximum Gasteiger partial charge on any atom is 0.310 e. The zero-order chi connectivity index (χ0) is 12.7. The van der Waals surface area contributed by atoms with E-state index in [0.717, 1.165) is 32.4 Å². The molecule has 0 aromatic heterocycles. The van der Waals surface area contributed by atoms with E-state index < -0.39 is 23.9 Å². The van der Waals surface area contributed by atoms with Crippen molar-refractivity contribution >= 4 is 11.9 Å². The summed E-state index contributed by atoms with van der Waals surface area (Å²) >= 11 is 0. The molecule has 5 heteroatoms. The van der Waals surface area contributed by atoms with Crippen molar-refractivity contribution in [3.63, 3.8) is 0 Å². The van der Waals surface area contributed by atoms with Crippen molar-refractivity contribution in [2.75, 3.05) is 13.1 Å². The van der Waals surface area contributed by atoms with Gasteiger partial charge in [0.2, 0.25) is 5.91 Å². The number of carboxylic acid groups (broad SMARTS) is 1. The minimum absolute atomic E-state index is 0.0426. The van der Waals surface area contributed by atoms with Crippen LogP contribution in [-0.2, 0) is 14.3 Å². The smallest absolute Gasteiger partial charge is 0.310 e. The maximum atomic E-state index is 12.5. The van der Waals surface area contributed by atoms with Gasteiger partial charge in [0, 0.05) is 13.1 Å². The zero-order valence-electron chi connectivity index (χ0n) is 10.1. The van der Waals surface area contributed by atoms with Crippen LogP contribution in [-0.4, -0.2) is 47.2 Å². The van der Waals surface area contributed by atoms with Crippen LogP contribution >= 0.6 is 0 Å². The number of carbonyl (C=O) groups is 2. The minimum atomic E-state index is -0.929. The number of aliphatic carboxylic acids is 1. The molecule has 98 valence electrons. The van der Waals surface area contributed by atoms with Crippen LogP contribution in [0.5, 0.6) is 0 Å². The van der Waals surface area contributed by atoms with Crippen molar-refractivity contribution in [1.29, 1.82) is 0 Å². The largest absolute Gasteiger partial charge is 0.481 e. The molecule has 0 spiro atoms. The van der Waals surface area contributed by atoms with Gasteiger partial charge in [0.25, 0.3) is 0 Å². The average Bonchev–Trinajstić information content (AvgIpc) is 2.99. The van der Waals surface area contributed by atoms with Crippen LogP contribution in [0.25, 0.3) is 0 Å². The molecule has 0 saturated carbocycles. The van der Waals surface area contributed by atoms with Crippen LogP contribution in [0.1, 0.15) is 19.3 Å². The first-order valence-corrected chi connectivity index (χ1v) is 6.54. The zero-order valence-corrected chi connectivity index (χ0v) is 10.1. The average molecular weight is 251 g/mol. The molecule has 5 nitrogen and oxygen atoms in total. The van der Waals surface area contributed by atoms with Gasteiger partial charge in [-0.25, -0.2) is 0 Å². The first-order valence-electron chi connectivity index (χ1n) is 6.54. The van der Waals surface area contributed by atoms with Crippen molar-refractivity contribution in [1.82, 2.24) is 4.90 Å². The number of likely N-dealkylation sites (tertiary alicyclic amines) is 1. The Kier molecular flexibility index (Phi) is 2.86. The van der Waals surface area contributed by atoms with Gasteiger partial charge < -0.3 is 14.7 Å². The second-order valence-corrected chi connectivity index (χ2v) is 5.23. The highest BCUT2D eigenvalue weighted by molar-refractivity contribution is 5.87. The van der Waals surface area contributed by atoms with E-state index >= 15 is 0 Å². The second-order valence-electron chi connectivity index (χ2n) is 5.23. The van der Waals surface area contributed by atoms with E-state index in [1.54, 1.807) is 6.08 Å². The fourth-order valence-corrected chi connectivity index (χ4v) is 3.22. The van der Waals surface area contributed by atoms with Crippen LogP contribution in [0, 0.1) is 11.8 Å². The molecule has 4 atom stereocenters. The number of fused-ring (bicyclic) bond motifs is 2. The number of hydrogen-bond donors (Lipinski definition) is 1. The van der Waals surface area contributed by atoms with Gasteiger partial charge >= 0.3 is 5.97 Å². The summed E-state index contributed by atoms with van der Waals surface area (Å²) in [7, 11) is 0. The number of carboxylic acids is 1. The molecule has 0 aliphatic carbocycles. The molecule has 2 saturated heterocycles. The summed E-state index contributed by atoms with van der Waals surface area (Å²) < 4.78 is 5.53. The molecule has 1 amide bonds. The Bertz CT molecular complexity index is 400. The highest BCUT2D eigenvalue weighted by Gasteiger charge is 2.54. The fraction of sp³-hybridized carbons (Fsp3) is 0.692. The Labute approximate surface area is 105 Å².